The summed E-state index contributed by atoms with van der Waals surface area (Å²) in [7, 11) is 5.26. The second-order valence-corrected chi connectivity index (χ2v) is 8.43. The molecule has 1 fully saturated rings. The third kappa shape index (κ3) is 8.08. The number of carbonyl (C=O) groups excluding carboxylic acids is 1. The molecule has 0 bridgehead atoms. The van der Waals surface area contributed by atoms with Gasteiger partial charge in [-0.3, -0.25) is 4.79 Å². The van der Waals surface area contributed by atoms with Crippen molar-refractivity contribution in [2.45, 2.75) is 37.8 Å². The lowest BCUT2D eigenvalue weighted by Crippen LogP contribution is -2.50. The van der Waals surface area contributed by atoms with Crippen LogP contribution in [-0.4, -0.2) is 88.3 Å². The Bertz CT molecular complexity index is 738. The van der Waals surface area contributed by atoms with Crippen molar-refractivity contribution in [3.63, 3.8) is 0 Å². The molecule has 0 radical (unpaired) electrons. The molecule has 1 saturated heterocycles. The van der Waals surface area contributed by atoms with E-state index in [0.717, 1.165) is 63.2 Å². The smallest absolute Gasteiger partial charge is 0.243 e. The van der Waals surface area contributed by atoms with E-state index in [-0.39, 0.29) is 42.5 Å². The van der Waals surface area contributed by atoms with Crippen LogP contribution in [0, 0.1) is 0 Å². The fourth-order valence-corrected chi connectivity index (χ4v) is 4.00. The minimum atomic E-state index is -0.0126. The highest BCUT2D eigenvalue weighted by Gasteiger charge is 2.24. The Balaban J connectivity index is 0.00000363. The molecular formula is C23H38IN5O3. The number of ether oxygens (including phenoxy) is 2. The number of guanidine groups is 1. The van der Waals surface area contributed by atoms with Crippen LogP contribution in [0.1, 0.15) is 37.3 Å². The van der Waals surface area contributed by atoms with Gasteiger partial charge in [-0.15, -0.1) is 24.0 Å². The van der Waals surface area contributed by atoms with Gasteiger partial charge >= 0.3 is 0 Å². The molecule has 1 amide bonds. The van der Waals surface area contributed by atoms with Crippen LogP contribution >= 0.6 is 24.0 Å². The fourth-order valence-electron chi connectivity index (χ4n) is 4.00. The molecule has 9 heteroatoms. The zero-order chi connectivity index (χ0) is 22.1. The number of likely N-dealkylation sites (tertiary alicyclic amines) is 1. The number of hydrogen-bond donors (Lipinski definition) is 2. The van der Waals surface area contributed by atoms with Crippen LogP contribution in [0.5, 0.6) is 5.75 Å². The number of rotatable bonds is 8. The molecule has 2 N–H and O–H groups in total. The van der Waals surface area contributed by atoms with E-state index in [4.69, 9.17) is 9.47 Å². The van der Waals surface area contributed by atoms with Crippen molar-refractivity contribution < 1.29 is 14.3 Å². The number of likely N-dealkylation sites (N-methyl/N-ethyl adjacent to an activating group) is 1. The molecule has 2 aliphatic rings. The summed E-state index contributed by atoms with van der Waals surface area (Å²) in [5.41, 5.74) is 1.13. The Morgan fingerprint density at radius 2 is 1.97 bits per heavy atom. The monoisotopic (exact) mass is 559 g/mol. The van der Waals surface area contributed by atoms with E-state index in [0.29, 0.717) is 18.6 Å². The molecule has 1 atom stereocenters. The standard InChI is InChI=1S/C23H37N5O3.HI/c1-27(2)22(29)17-24-23(25-18-9-13-28(14-10-18)12-6-15-30-3)26-20-11-16-31-21-8-5-4-7-19(20)21;/h4-5,7-8,18,20H,6,9-17H2,1-3H3,(H2,24,25,26);1H. The number of halogens is 1. The quantitative estimate of drug-likeness (QED) is 0.220. The summed E-state index contributed by atoms with van der Waals surface area (Å²) >= 11 is 0. The summed E-state index contributed by atoms with van der Waals surface area (Å²) in [5, 5.41) is 7.16. The highest BCUT2D eigenvalue weighted by atomic mass is 127. The Labute approximate surface area is 209 Å². The van der Waals surface area contributed by atoms with Crippen molar-refractivity contribution in [2.75, 3.05) is 60.6 Å². The van der Waals surface area contributed by atoms with Gasteiger partial charge in [-0.2, -0.15) is 0 Å². The van der Waals surface area contributed by atoms with Crippen LogP contribution in [0.15, 0.2) is 29.3 Å². The van der Waals surface area contributed by atoms with Crippen LogP contribution in [0.25, 0.3) is 0 Å². The number of piperidine rings is 1. The molecule has 3 rings (SSSR count). The van der Waals surface area contributed by atoms with Crippen molar-refractivity contribution in [1.29, 1.82) is 0 Å². The predicted molar refractivity (Wildman–Crippen MR) is 138 cm³/mol. The number of para-hydroxylation sites is 1. The Kier molecular flexibility index (Phi) is 11.5. The van der Waals surface area contributed by atoms with E-state index in [2.05, 4.69) is 26.6 Å². The maximum Gasteiger partial charge on any atom is 0.243 e. The summed E-state index contributed by atoms with van der Waals surface area (Å²) in [4.78, 5) is 20.8. The van der Waals surface area contributed by atoms with Gasteiger partial charge in [-0.25, -0.2) is 4.99 Å². The second-order valence-electron chi connectivity index (χ2n) is 8.43. The van der Waals surface area contributed by atoms with Gasteiger partial charge in [0.25, 0.3) is 0 Å². The average molecular weight is 559 g/mol. The molecule has 0 aliphatic carbocycles. The largest absolute Gasteiger partial charge is 0.493 e. The summed E-state index contributed by atoms with van der Waals surface area (Å²) in [6.07, 6.45) is 4.04. The fraction of sp³-hybridized carbons (Fsp3) is 0.652. The van der Waals surface area contributed by atoms with Gasteiger partial charge < -0.3 is 29.9 Å². The third-order valence-corrected chi connectivity index (χ3v) is 5.89. The van der Waals surface area contributed by atoms with Crippen LogP contribution in [-0.2, 0) is 9.53 Å². The zero-order valence-electron chi connectivity index (χ0n) is 19.5. The number of methoxy groups -OCH3 is 1. The summed E-state index contributed by atoms with van der Waals surface area (Å²) in [6, 6.07) is 8.57. The van der Waals surface area contributed by atoms with E-state index in [1.165, 1.54) is 0 Å². The van der Waals surface area contributed by atoms with Crippen molar-refractivity contribution in [3.05, 3.63) is 29.8 Å². The number of hydrogen-bond acceptors (Lipinski definition) is 5. The summed E-state index contributed by atoms with van der Waals surface area (Å²) in [6.45, 7) is 4.81. The summed E-state index contributed by atoms with van der Waals surface area (Å²) < 4.78 is 11.0. The van der Waals surface area contributed by atoms with Gasteiger partial charge in [-0.1, -0.05) is 18.2 Å². The maximum absolute atomic E-state index is 12.1. The molecule has 180 valence electrons. The first-order valence-corrected chi connectivity index (χ1v) is 11.3. The van der Waals surface area contributed by atoms with Gasteiger partial charge in [0.05, 0.1) is 12.6 Å². The van der Waals surface area contributed by atoms with Crippen LogP contribution in [0.4, 0.5) is 0 Å². The molecule has 2 heterocycles. The lowest BCUT2D eigenvalue weighted by atomic mass is 10.0. The SMILES string of the molecule is COCCCN1CCC(NC(=NCC(=O)N(C)C)NC2CCOc3ccccc32)CC1.I. The van der Waals surface area contributed by atoms with Crippen molar-refractivity contribution in [3.8, 4) is 5.75 Å². The van der Waals surface area contributed by atoms with Crippen molar-refractivity contribution >= 4 is 35.8 Å². The number of carbonyl (C=O) groups is 1. The Morgan fingerprint density at radius 1 is 1.22 bits per heavy atom. The molecule has 0 saturated carbocycles. The molecular weight excluding hydrogens is 521 g/mol. The highest BCUT2D eigenvalue weighted by molar-refractivity contribution is 14.0. The highest BCUT2D eigenvalue weighted by Crippen LogP contribution is 2.31. The van der Waals surface area contributed by atoms with Gasteiger partial charge in [-0.05, 0) is 25.3 Å². The molecule has 8 nitrogen and oxygen atoms in total. The lowest BCUT2D eigenvalue weighted by Gasteiger charge is -2.34. The predicted octanol–water partition coefficient (Wildman–Crippen LogP) is 2.25. The third-order valence-electron chi connectivity index (χ3n) is 5.89. The van der Waals surface area contributed by atoms with Gasteiger partial charge in [0.15, 0.2) is 5.96 Å². The van der Waals surface area contributed by atoms with Crippen LogP contribution in [0.3, 0.4) is 0 Å². The first-order valence-electron chi connectivity index (χ1n) is 11.3. The summed E-state index contributed by atoms with van der Waals surface area (Å²) in [5.74, 6) is 1.61. The second kappa shape index (κ2) is 13.8. The van der Waals surface area contributed by atoms with Crippen LogP contribution < -0.4 is 15.4 Å². The van der Waals surface area contributed by atoms with Crippen LogP contribution in [0.2, 0.25) is 0 Å². The normalized spacial score (nSPS) is 19.3. The molecule has 1 aromatic rings. The van der Waals surface area contributed by atoms with Gasteiger partial charge in [0.1, 0.15) is 12.3 Å². The molecule has 1 unspecified atom stereocenters. The topological polar surface area (TPSA) is 78.4 Å². The van der Waals surface area contributed by atoms with Gasteiger partial charge in [0, 0.05) is 65.5 Å². The minimum Gasteiger partial charge on any atom is -0.493 e. The lowest BCUT2D eigenvalue weighted by molar-refractivity contribution is -0.127. The molecule has 0 aromatic heterocycles. The number of amides is 1. The van der Waals surface area contributed by atoms with Crippen molar-refractivity contribution in [1.82, 2.24) is 20.4 Å². The number of nitrogens with zero attached hydrogens (tertiary/aromatic N) is 3. The van der Waals surface area contributed by atoms with Gasteiger partial charge in [0.2, 0.25) is 5.91 Å². The van der Waals surface area contributed by atoms with E-state index >= 15 is 0 Å². The average Bonchev–Trinajstić information content (AvgIpc) is 2.78. The Morgan fingerprint density at radius 3 is 2.69 bits per heavy atom. The number of benzene rings is 1. The molecule has 32 heavy (non-hydrogen) atoms. The van der Waals surface area contributed by atoms with E-state index in [1.54, 1.807) is 26.1 Å². The van der Waals surface area contributed by atoms with E-state index in [1.807, 2.05) is 18.2 Å². The molecule has 2 aliphatic heterocycles. The van der Waals surface area contributed by atoms with Crippen molar-refractivity contribution in [2.24, 2.45) is 4.99 Å². The Hall–Kier alpha value is -1.59. The molecule has 0 spiro atoms. The minimum absolute atomic E-state index is 0. The van der Waals surface area contributed by atoms with E-state index < -0.39 is 0 Å². The first-order chi connectivity index (χ1) is 15.1. The molecule has 1 aromatic carbocycles. The number of aliphatic imine (C=N–C) groups is 1. The first kappa shape index (κ1) is 26.7. The number of fused-ring (bicyclic) bond motifs is 1. The zero-order valence-corrected chi connectivity index (χ0v) is 21.8. The van der Waals surface area contributed by atoms with E-state index in [9.17, 15) is 4.79 Å². The maximum atomic E-state index is 12.1. The number of nitrogens with one attached hydrogen (secondary N) is 2.